The van der Waals surface area contributed by atoms with E-state index in [-0.39, 0.29) is 55.0 Å². The second-order valence-electron chi connectivity index (χ2n) is 9.15. The van der Waals surface area contributed by atoms with Gasteiger partial charge >= 0.3 is 0 Å². The minimum atomic E-state index is -2.65. The van der Waals surface area contributed by atoms with E-state index in [1.807, 2.05) is 0 Å². The average Bonchev–Trinajstić information content (AvgIpc) is 3.12. The molecule has 7 nitrogen and oxygen atoms in total. The Hall–Kier alpha value is -2.39. The summed E-state index contributed by atoms with van der Waals surface area (Å²) in [7, 11) is 0. The van der Waals surface area contributed by atoms with Gasteiger partial charge in [0, 0.05) is 37.8 Å². The van der Waals surface area contributed by atoms with Gasteiger partial charge in [-0.1, -0.05) is 0 Å². The third-order valence-corrected chi connectivity index (χ3v) is 7.19. The number of nitrogens with zero attached hydrogens (tertiary/aromatic N) is 4. The largest absolute Gasteiger partial charge is 0.342 e. The SMILES string of the molecule is O=C([C@H]1CC[C@@H]1c1nc2c(cnn2C2CCC(F)(F)CC2)c(=O)[nH]1)N1CCC(F)CC1. The van der Waals surface area contributed by atoms with E-state index in [4.69, 9.17) is 0 Å². The third-order valence-electron chi connectivity index (χ3n) is 7.19. The van der Waals surface area contributed by atoms with Gasteiger partial charge in [0.2, 0.25) is 11.8 Å². The standard InChI is InChI=1S/C21H26F3N5O2/c22-12-5-9-28(10-6-12)20(31)15-2-1-14(15)17-26-18-16(19(30)27-17)11-25-29(18)13-3-7-21(23,24)8-4-13/h11-15H,1-10H2,(H,26,27,30)/t14-,15-/m0/s1. The zero-order chi connectivity index (χ0) is 21.8. The van der Waals surface area contributed by atoms with E-state index in [0.717, 1.165) is 6.42 Å². The van der Waals surface area contributed by atoms with Crippen molar-refractivity contribution in [3.05, 3.63) is 22.4 Å². The Labute approximate surface area is 177 Å². The number of piperidine rings is 1. The molecule has 2 atom stereocenters. The molecule has 3 aliphatic rings. The zero-order valence-corrected chi connectivity index (χ0v) is 17.2. The van der Waals surface area contributed by atoms with Crippen molar-refractivity contribution in [3.63, 3.8) is 0 Å². The number of halogens is 3. The quantitative estimate of drug-likeness (QED) is 0.799. The number of hydrogen-bond donors (Lipinski definition) is 1. The molecule has 0 bridgehead atoms. The van der Waals surface area contributed by atoms with E-state index < -0.39 is 12.1 Å². The van der Waals surface area contributed by atoms with Gasteiger partial charge in [0.25, 0.3) is 5.56 Å². The smallest absolute Gasteiger partial charge is 0.262 e. The van der Waals surface area contributed by atoms with E-state index in [1.54, 1.807) is 9.58 Å². The van der Waals surface area contributed by atoms with Crippen LogP contribution in [0.3, 0.4) is 0 Å². The van der Waals surface area contributed by atoms with Crippen LogP contribution >= 0.6 is 0 Å². The lowest BCUT2D eigenvalue weighted by atomic mass is 9.72. The van der Waals surface area contributed by atoms with Crippen molar-refractivity contribution >= 4 is 16.9 Å². The Morgan fingerprint density at radius 3 is 2.45 bits per heavy atom. The van der Waals surface area contributed by atoms with E-state index in [9.17, 15) is 22.8 Å². The predicted octanol–water partition coefficient (Wildman–Crippen LogP) is 3.32. The van der Waals surface area contributed by atoms with Crippen molar-refractivity contribution in [3.8, 4) is 0 Å². The molecule has 0 spiro atoms. The molecule has 1 N–H and O–H groups in total. The second-order valence-corrected chi connectivity index (χ2v) is 9.15. The van der Waals surface area contributed by atoms with Gasteiger partial charge in [-0.25, -0.2) is 22.8 Å². The number of nitrogens with one attached hydrogen (secondary N) is 1. The molecule has 1 aliphatic heterocycles. The molecule has 2 aromatic rings. The molecular weight excluding hydrogens is 411 g/mol. The summed E-state index contributed by atoms with van der Waals surface area (Å²) in [4.78, 5) is 34.8. The van der Waals surface area contributed by atoms with Crippen LogP contribution in [-0.4, -0.2) is 55.7 Å². The molecule has 5 rings (SSSR count). The minimum Gasteiger partial charge on any atom is -0.342 e. The molecule has 2 aromatic heterocycles. The molecule has 2 saturated carbocycles. The molecule has 3 fully saturated rings. The lowest BCUT2D eigenvalue weighted by Crippen LogP contribution is -2.46. The first-order valence-corrected chi connectivity index (χ1v) is 11.1. The highest BCUT2D eigenvalue weighted by molar-refractivity contribution is 5.81. The van der Waals surface area contributed by atoms with Crippen molar-refractivity contribution < 1.29 is 18.0 Å². The maximum Gasteiger partial charge on any atom is 0.262 e. The number of H-pyrrole nitrogens is 1. The molecule has 1 amide bonds. The van der Waals surface area contributed by atoms with E-state index in [0.29, 0.717) is 49.2 Å². The van der Waals surface area contributed by atoms with Crippen molar-refractivity contribution in [2.45, 2.75) is 75.4 Å². The molecule has 10 heteroatoms. The topological polar surface area (TPSA) is 83.9 Å². The van der Waals surface area contributed by atoms with Gasteiger partial charge in [-0.15, -0.1) is 0 Å². The molecule has 0 aromatic carbocycles. The molecular formula is C21H26F3N5O2. The summed E-state index contributed by atoms with van der Waals surface area (Å²) in [6.07, 6.45) is 2.91. The number of hydrogen-bond acceptors (Lipinski definition) is 4. The van der Waals surface area contributed by atoms with Crippen molar-refractivity contribution in [2.24, 2.45) is 5.92 Å². The van der Waals surface area contributed by atoms with E-state index in [1.165, 1.54) is 6.20 Å². The van der Waals surface area contributed by atoms with E-state index in [2.05, 4.69) is 15.1 Å². The number of carbonyl (C=O) groups excluding carboxylic acids is 1. The monoisotopic (exact) mass is 437 g/mol. The predicted molar refractivity (Wildman–Crippen MR) is 107 cm³/mol. The average molecular weight is 437 g/mol. The Balaban J connectivity index is 1.39. The van der Waals surface area contributed by atoms with E-state index >= 15 is 0 Å². The molecule has 3 heterocycles. The number of fused-ring (bicyclic) bond motifs is 1. The number of amides is 1. The molecule has 2 aliphatic carbocycles. The number of aromatic nitrogens is 4. The van der Waals surface area contributed by atoms with Crippen LogP contribution < -0.4 is 5.56 Å². The van der Waals surface area contributed by atoms with Crippen LogP contribution in [0, 0.1) is 5.92 Å². The van der Waals surface area contributed by atoms with Gasteiger partial charge in [0.15, 0.2) is 5.65 Å². The number of alkyl halides is 3. The van der Waals surface area contributed by atoms with Crippen LogP contribution in [0.25, 0.3) is 11.0 Å². The summed E-state index contributed by atoms with van der Waals surface area (Å²) in [5.74, 6) is -2.68. The van der Waals surface area contributed by atoms with Crippen LogP contribution in [0.4, 0.5) is 13.2 Å². The summed E-state index contributed by atoms with van der Waals surface area (Å²) in [5, 5.41) is 4.61. The lowest BCUT2D eigenvalue weighted by molar-refractivity contribution is -0.140. The Morgan fingerprint density at radius 2 is 1.81 bits per heavy atom. The second kappa shape index (κ2) is 7.63. The Kier molecular flexibility index (Phi) is 5.05. The van der Waals surface area contributed by atoms with Crippen molar-refractivity contribution in [1.82, 2.24) is 24.6 Å². The maximum atomic E-state index is 13.6. The lowest BCUT2D eigenvalue weighted by Gasteiger charge is -2.39. The van der Waals surface area contributed by atoms with Gasteiger partial charge in [0.05, 0.1) is 12.2 Å². The molecule has 0 radical (unpaired) electrons. The maximum absolute atomic E-state index is 13.6. The fourth-order valence-corrected chi connectivity index (χ4v) is 5.09. The van der Waals surface area contributed by atoms with Gasteiger partial charge < -0.3 is 9.88 Å². The van der Waals surface area contributed by atoms with Crippen LogP contribution in [0.1, 0.15) is 69.2 Å². The van der Waals surface area contributed by atoms with Gasteiger partial charge in [-0.05, 0) is 38.5 Å². The van der Waals surface area contributed by atoms with Crippen molar-refractivity contribution in [1.29, 1.82) is 0 Å². The zero-order valence-electron chi connectivity index (χ0n) is 17.2. The van der Waals surface area contributed by atoms with Crippen LogP contribution in [-0.2, 0) is 4.79 Å². The fourth-order valence-electron chi connectivity index (χ4n) is 5.09. The van der Waals surface area contributed by atoms with Gasteiger partial charge in [-0.3, -0.25) is 9.59 Å². The van der Waals surface area contributed by atoms with Crippen molar-refractivity contribution in [2.75, 3.05) is 13.1 Å². The van der Waals surface area contributed by atoms with Crippen LogP contribution in [0.5, 0.6) is 0 Å². The summed E-state index contributed by atoms with van der Waals surface area (Å²) >= 11 is 0. The number of aromatic amines is 1. The normalized spacial score (nSPS) is 27.4. The first kappa shape index (κ1) is 20.5. The molecule has 0 unspecified atom stereocenters. The third kappa shape index (κ3) is 3.74. The summed E-state index contributed by atoms with van der Waals surface area (Å²) in [5.41, 5.74) is 0.0639. The first-order chi connectivity index (χ1) is 14.8. The fraction of sp³-hybridized carbons (Fsp3) is 0.714. The Morgan fingerprint density at radius 1 is 1.10 bits per heavy atom. The summed E-state index contributed by atoms with van der Waals surface area (Å²) < 4.78 is 42.1. The highest BCUT2D eigenvalue weighted by Crippen LogP contribution is 2.43. The Bertz CT molecular complexity index is 1030. The van der Waals surface area contributed by atoms with Crippen LogP contribution in [0.15, 0.2) is 11.0 Å². The van der Waals surface area contributed by atoms with Gasteiger partial charge in [0.1, 0.15) is 17.4 Å². The van der Waals surface area contributed by atoms with Crippen LogP contribution in [0.2, 0.25) is 0 Å². The number of likely N-dealkylation sites (tertiary alicyclic amines) is 1. The summed E-state index contributed by atoms with van der Waals surface area (Å²) in [6, 6.07) is -0.222. The first-order valence-electron chi connectivity index (χ1n) is 11.1. The highest BCUT2D eigenvalue weighted by atomic mass is 19.3. The molecule has 31 heavy (non-hydrogen) atoms. The number of carbonyl (C=O) groups is 1. The highest BCUT2D eigenvalue weighted by Gasteiger charge is 2.42. The minimum absolute atomic E-state index is 0.00563. The molecule has 168 valence electrons. The summed E-state index contributed by atoms with van der Waals surface area (Å²) in [6.45, 7) is 0.844. The number of rotatable bonds is 3. The van der Waals surface area contributed by atoms with Gasteiger partial charge in [-0.2, -0.15) is 5.10 Å². The molecule has 1 saturated heterocycles.